The number of fused-ring (bicyclic) bond motifs is 1. The van der Waals surface area contributed by atoms with Crippen molar-refractivity contribution in [2.75, 3.05) is 43.5 Å². The molecule has 10 heteroatoms. The Morgan fingerprint density at radius 1 is 1.34 bits per heavy atom. The lowest BCUT2D eigenvalue weighted by Gasteiger charge is -2.28. The second-order valence-electron chi connectivity index (χ2n) is 6.57. The summed E-state index contributed by atoms with van der Waals surface area (Å²) < 4.78 is 7.33. The van der Waals surface area contributed by atoms with Crippen LogP contribution in [0.1, 0.15) is 11.8 Å². The smallest absolute Gasteiger partial charge is 0.225 e. The van der Waals surface area contributed by atoms with E-state index >= 15 is 0 Å². The maximum Gasteiger partial charge on any atom is 0.225 e. The highest BCUT2D eigenvalue weighted by molar-refractivity contribution is 7.99. The van der Waals surface area contributed by atoms with Gasteiger partial charge >= 0.3 is 0 Å². The maximum atomic E-state index is 12.1. The lowest BCUT2D eigenvalue weighted by Crippen LogP contribution is -2.37. The number of nitrogens with one attached hydrogen (secondary N) is 1. The number of carbonyl (C=O) groups excluding carboxylic acids is 1. The fourth-order valence-corrected chi connectivity index (χ4v) is 4.49. The Kier molecular flexibility index (Phi) is 6.63. The third-order valence-electron chi connectivity index (χ3n) is 4.60. The summed E-state index contributed by atoms with van der Waals surface area (Å²) in [5, 5.41) is 11.2. The monoisotopic (exact) mass is 432 g/mol. The van der Waals surface area contributed by atoms with Gasteiger partial charge in [0.1, 0.15) is 5.82 Å². The number of anilines is 1. The largest absolute Gasteiger partial charge is 0.378 e. The molecule has 4 heterocycles. The number of thiophene rings is 1. The molecule has 0 unspecified atom stereocenters. The van der Waals surface area contributed by atoms with Crippen LogP contribution < -0.4 is 10.2 Å². The maximum absolute atomic E-state index is 12.1. The van der Waals surface area contributed by atoms with E-state index < -0.39 is 0 Å². The molecule has 3 aromatic rings. The van der Waals surface area contributed by atoms with E-state index in [9.17, 15) is 4.79 Å². The van der Waals surface area contributed by atoms with Crippen LogP contribution in [-0.4, -0.2) is 64.3 Å². The van der Waals surface area contributed by atoms with Gasteiger partial charge in [0.2, 0.25) is 5.91 Å². The molecule has 0 atom stereocenters. The molecule has 1 fully saturated rings. The van der Waals surface area contributed by atoms with Crippen molar-refractivity contribution in [3.63, 3.8) is 0 Å². The van der Waals surface area contributed by atoms with E-state index in [1.165, 1.54) is 0 Å². The zero-order valence-electron chi connectivity index (χ0n) is 16.3. The first-order valence-electron chi connectivity index (χ1n) is 9.72. The summed E-state index contributed by atoms with van der Waals surface area (Å²) in [6, 6.07) is 3.93. The average Bonchev–Trinajstić information content (AvgIpc) is 3.39. The molecule has 8 nitrogen and oxygen atoms in total. The van der Waals surface area contributed by atoms with Crippen molar-refractivity contribution in [1.82, 2.24) is 25.1 Å². The number of carbonyl (C=O) groups is 1. The van der Waals surface area contributed by atoms with Gasteiger partial charge in [0.25, 0.3) is 0 Å². The number of aromatic nitrogens is 4. The van der Waals surface area contributed by atoms with E-state index in [1.54, 1.807) is 23.1 Å². The van der Waals surface area contributed by atoms with Crippen molar-refractivity contribution in [3.05, 3.63) is 28.6 Å². The summed E-state index contributed by atoms with van der Waals surface area (Å²) in [5.41, 5.74) is 0.810. The lowest BCUT2D eigenvalue weighted by molar-refractivity contribution is -0.120. The summed E-state index contributed by atoms with van der Waals surface area (Å²) >= 11 is 3.22. The van der Waals surface area contributed by atoms with Crippen molar-refractivity contribution in [2.45, 2.75) is 25.0 Å². The number of amides is 1. The number of ether oxygens (including phenoxy) is 1. The molecule has 1 N–H and O–H groups in total. The fourth-order valence-electron chi connectivity index (χ4n) is 3.23. The van der Waals surface area contributed by atoms with Crippen LogP contribution in [0, 0.1) is 0 Å². The van der Waals surface area contributed by atoms with Gasteiger partial charge < -0.3 is 15.0 Å². The summed E-state index contributed by atoms with van der Waals surface area (Å²) in [7, 11) is 0. The molecule has 0 bridgehead atoms. The van der Waals surface area contributed by atoms with Crippen LogP contribution >= 0.6 is 23.1 Å². The van der Waals surface area contributed by atoms with E-state index in [2.05, 4.69) is 22.2 Å². The Balaban J connectivity index is 1.49. The highest BCUT2D eigenvalue weighted by Crippen LogP contribution is 2.27. The van der Waals surface area contributed by atoms with Crippen LogP contribution in [0.5, 0.6) is 0 Å². The molecule has 29 heavy (non-hydrogen) atoms. The third-order valence-corrected chi connectivity index (χ3v) is 6.21. The predicted molar refractivity (Wildman–Crippen MR) is 116 cm³/mol. The first kappa shape index (κ1) is 20.1. The number of rotatable bonds is 8. The van der Waals surface area contributed by atoms with E-state index in [0.717, 1.165) is 45.7 Å². The molecule has 3 aromatic heterocycles. The lowest BCUT2D eigenvalue weighted by atomic mass is 10.3. The van der Waals surface area contributed by atoms with Crippen LogP contribution in [0.3, 0.4) is 0 Å². The summed E-state index contributed by atoms with van der Waals surface area (Å²) in [6.07, 6.45) is 2.24. The van der Waals surface area contributed by atoms with Gasteiger partial charge in [-0.2, -0.15) is 5.10 Å². The Hall–Kier alpha value is -2.17. The van der Waals surface area contributed by atoms with Crippen LogP contribution in [0.25, 0.3) is 11.0 Å². The topological polar surface area (TPSA) is 85.2 Å². The second-order valence-corrected chi connectivity index (χ2v) is 8.84. The van der Waals surface area contributed by atoms with E-state index in [-0.39, 0.29) is 5.91 Å². The first-order valence-corrected chi connectivity index (χ1v) is 11.6. The standard InChI is InChI=1S/C19H24N6O2S2/c1-2-28-19-22-17(24-7-9-27-10-8-24)15-13-21-25(18(15)23-19)6-5-20-16(26)12-14-4-3-11-29-14/h3-4,11,13H,2,5-10,12H2,1H3,(H,20,26). The van der Waals surface area contributed by atoms with E-state index in [0.29, 0.717) is 32.7 Å². The zero-order valence-corrected chi connectivity index (χ0v) is 18.0. The summed E-state index contributed by atoms with van der Waals surface area (Å²) in [4.78, 5) is 24.9. The van der Waals surface area contributed by atoms with Crippen molar-refractivity contribution < 1.29 is 9.53 Å². The van der Waals surface area contributed by atoms with Crippen molar-refractivity contribution >= 4 is 45.9 Å². The zero-order chi connectivity index (χ0) is 20.1. The molecule has 1 amide bonds. The highest BCUT2D eigenvalue weighted by Gasteiger charge is 2.20. The summed E-state index contributed by atoms with van der Waals surface area (Å²) in [6.45, 7) is 6.19. The van der Waals surface area contributed by atoms with Gasteiger partial charge in [0.15, 0.2) is 10.8 Å². The Morgan fingerprint density at radius 3 is 2.97 bits per heavy atom. The SMILES string of the molecule is CCSc1nc(N2CCOCC2)c2cnn(CCNC(=O)Cc3cccs3)c2n1. The van der Waals surface area contributed by atoms with Gasteiger partial charge in [-0.3, -0.25) is 4.79 Å². The molecule has 0 aromatic carbocycles. The number of nitrogens with zero attached hydrogens (tertiary/aromatic N) is 5. The Morgan fingerprint density at radius 2 is 2.21 bits per heavy atom. The van der Waals surface area contributed by atoms with Crippen molar-refractivity contribution in [3.8, 4) is 0 Å². The van der Waals surface area contributed by atoms with Crippen molar-refractivity contribution in [2.24, 2.45) is 0 Å². The minimum Gasteiger partial charge on any atom is -0.378 e. The quantitative estimate of drug-likeness (QED) is 0.431. The number of hydrogen-bond acceptors (Lipinski definition) is 8. The average molecular weight is 433 g/mol. The van der Waals surface area contributed by atoms with Crippen LogP contribution in [0.2, 0.25) is 0 Å². The van der Waals surface area contributed by atoms with Crippen LogP contribution in [-0.2, 0) is 22.5 Å². The minimum absolute atomic E-state index is 0.0229. The highest BCUT2D eigenvalue weighted by atomic mass is 32.2. The molecule has 0 radical (unpaired) electrons. The third kappa shape index (κ3) is 4.88. The Labute approximate surface area is 177 Å². The second kappa shape index (κ2) is 9.55. The van der Waals surface area contributed by atoms with Gasteiger partial charge in [-0.1, -0.05) is 24.8 Å². The number of thioether (sulfide) groups is 1. The molecular formula is C19H24N6O2S2. The van der Waals surface area contributed by atoms with Crippen LogP contribution in [0.4, 0.5) is 5.82 Å². The number of morpholine rings is 1. The minimum atomic E-state index is 0.0229. The molecule has 1 aliphatic heterocycles. The van der Waals surface area contributed by atoms with Gasteiger partial charge in [0, 0.05) is 24.5 Å². The molecule has 154 valence electrons. The van der Waals surface area contributed by atoms with E-state index in [1.807, 2.05) is 28.4 Å². The van der Waals surface area contributed by atoms with Crippen LogP contribution in [0.15, 0.2) is 28.9 Å². The van der Waals surface area contributed by atoms with Gasteiger partial charge in [-0.25, -0.2) is 14.6 Å². The normalized spacial score (nSPS) is 14.4. The fraction of sp³-hybridized carbons (Fsp3) is 0.474. The molecule has 0 saturated carbocycles. The molecular weight excluding hydrogens is 408 g/mol. The molecule has 0 spiro atoms. The van der Waals surface area contributed by atoms with Crippen molar-refractivity contribution in [1.29, 1.82) is 0 Å². The van der Waals surface area contributed by atoms with E-state index in [4.69, 9.17) is 14.7 Å². The molecule has 4 rings (SSSR count). The first-order chi connectivity index (χ1) is 14.2. The molecule has 1 aliphatic rings. The number of hydrogen-bond donors (Lipinski definition) is 1. The molecule has 0 aliphatic carbocycles. The summed E-state index contributed by atoms with van der Waals surface area (Å²) in [5.74, 6) is 1.85. The van der Waals surface area contributed by atoms with Gasteiger partial charge in [-0.05, 0) is 17.2 Å². The Bertz CT molecular complexity index is 953. The van der Waals surface area contributed by atoms with Gasteiger partial charge in [-0.15, -0.1) is 11.3 Å². The molecule has 1 saturated heterocycles. The predicted octanol–water partition coefficient (Wildman–Crippen LogP) is 2.20. The van der Waals surface area contributed by atoms with Gasteiger partial charge in [0.05, 0.1) is 37.8 Å².